The molecule has 2 aliphatic heterocycles. The summed E-state index contributed by atoms with van der Waals surface area (Å²) in [5, 5.41) is 7.23. The van der Waals surface area contributed by atoms with Crippen molar-refractivity contribution >= 4 is 50.6 Å². The van der Waals surface area contributed by atoms with Crippen LogP contribution in [0.15, 0.2) is 34.5 Å². The SMILES string of the molecule is CC(NC(=O)c1sccc1S(=O)(=O)N1CCSCC1)c1ccc2c(c1)NC(=O)CO2. The van der Waals surface area contributed by atoms with Crippen LogP contribution in [0.25, 0.3) is 0 Å². The predicted octanol–water partition coefficient (Wildman–Crippen LogP) is 2.31. The molecule has 4 rings (SSSR count). The van der Waals surface area contributed by atoms with Gasteiger partial charge in [-0.3, -0.25) is 9.59 Å². The largest absolute Gasteiger partial charge is 0.482 e. The number of hydrogen-bond acceptors (Lipinski definition) is 7. The Morgan fingerprint density at radius 1 is 1.27 bits per heavy atom. The molecule has 1 saturated heterocycles. The summed E-state index contributed by atoms with van der Waals surface area (Å²) in [6.45, 7) is 2.67. The lowest BCUT2D eigenvalue weighted by Gasteiger charge is -2.25. The number of carbonyl (C=O) groups is 2. The van der Waals surface area contributed by atoms with Crippen molar-refractivity contribution in [3.63, 3.8) is 0 Å². The second-order valence-electron chi connectivity index (χ2n) is 6.92. The van der Waals surface area contributed by atoms with E-state index in [0.717, 1.165) is 28.4 Å². The van der Waals surface area contributed by atoms with Crippen LogP contribution in [-0.2, 0) is 14.8 Å². The van der Waals surface area contributed by atoms with Crippen LogP contribution >= 0.6 is 23.1 Å². The molecule has 30 heavy (non-hydrogen) atoms. The maximum absolute atomic E-state index is 13.0. The fourth-order valence-corrected chi connectivity index (χ4v) is 7.19. The number of nitrogens with zero attached hydrogens (tertiary/aromatic N) is 1. The molecule has 8 nitrogen and oxygen atoms in total. The molecule has 1 aromatic heterocycles. The van der Waals surface area contributed by atoms with E-state index in [1.165, 1.54) is 10.4 Å². The molecule has 0 bridgehead atoms. The van der Waals surface area contributed by atoms with Crippen LogP contribution in [-0.4, -0.2) is 55.7 Å². The molecule has 160 valence electrons. The molecule has 2 aromatic rings. The number of benzene rings is 1. The first-order valence-electron chi connectivity index (χ1n) is 9.39. The average Bonchev–Trinajstić information content (AvgIpc) is 3.25. The maximum atomic E-state index is 13.0. The highest BCUT2D eigenvalue weighted by molar-refractivity contribution is 7.99. The van der Waals surface area contributed by atoms with Gasteiger partial charge < -0.3 is 15.4 Å². The van der Waals surface area contributed by atoms with Gasteiger partial charge in [-0.25, -0.2) is 8.42 Å². The van der Waals surface area contributed by atoms with Crippen molar-refractivity contribution in [2.24, 2.45) is 0 Å². The third-order valence-corrected chi connectivity index (χ3v) is 8.83. The first-order chi connectivity index (χ1) is 14.4. The number of nitrogens with one attached hydrogen (secondary N) is 2. The Morgan fingerprint density at radius 3 is 2.80 bits per heavy atom. The quantitative estimate of drug-likeness (QED) is 0.699. The molecule has 1 atom stereocenters. The molecule has 2 amide bonds. The van der Waals surface area contributed by atoms with E-state index in [2.05, 4.69) is 10.6 Å². The maximum Gasteiger partial charge on any atom is 0.263 e. The lowest BCUT2D eigenvalue weighted by atomic mass is 10.1. The van der Waals surface area contributed by atoms with Crippen LogP contribution in [0, 0.1) is 0 Å². The van der Waals surface area contributed by atoms with Crippen molar-refractivity contribution < 1.29 is 22.7 Å². The van der Waals surface area contributed by atoms with Gasteiger partial charge in [-0.15, -0.1) is 11.3 Å². The number of thiophene rings is 1. The van der Waals surface area contributed by atoms with Gasteiger partial charge >= 0.3 is 0 Å². The summed E-state index contributed by atoms with van der Waals surface area (Å²) < 4.78 is 32.8. The molecule has 1 fully saturated rings. The zero-order chi connectivity index (χ0) is 21.3. The van der Waals surface area contributed by atoms with Crippen LogP contribution in [0.4, 0.5) is 5.69 Å². The molecule has 2 aliphatic rings. The van der Waals surface area contributed by atoms with E-state index < -0.39 is 22.0 Å². The molecular formula is C19H21N3O5S3. The average molecular weight is 468 g/mol. The number of hydrogen-bond donors (Lipinski definition) is 2. The monoisotopic (exact) mass is 467 g/mol. The molecule has 1 aromatic carbocycles. The van der Waals surface area contributed by atoms with E-state index >= 15 is 0 Å². The van der Waals surface area contributed by atoms with Crippen LogP contribution in [0.1, 0.15) is 28.2 Å². The second-order valence-corrected chi connectivity index (χ2v) is 11.0. The van der Waals surface area contributed by atoms with Crippen molar-refractivity contribution in [2.45, 2.75) is 17.9 Å². The summed E-state index contributed by atoms with van der Waals surface area (Å²) in [4.78, 5) is 24.7. The minimum atomic E-state index is -3.71. The highest BCUT2D eigenvalue weighted by atomic mass is 32.2. The van der Waals surface area contributed by atoms with Crippen molar-refractivity contribution in [1.29, 1.82) is 0 Å². The van der Waals surface area contributed by atoms with Crippen LogP contribution in [0.5, 0.6) is 5.75 Å². The third kappa shape index (κ3) is 4.20. The van der Waals surface area contributed by atoms with Crippen molar-refractivity contribution in [3.8, 4) is 5.75 Å². The van der Waals surface area contributed by atoms with Gasteiger partial charge in [0.05, 0.1) is 11.7 Å². The van der Waals surface area contributed by atoms with Gasteiger partial charge in [-0.1, -0.05) is 6.07 Å². The van der Waals surface area contributed by atoms with E-state index in [-0.39, 0.29) is 22.3 Å². The highest BCUT2D eigenvalue weighted by Crippen LogP contribution is 2.31. The summed E-state index contributed by atoms with van der Waals surface area (Å²) in [6.07, 6.45) is 0. The molecule has 11 heteroatoms. The molecule has 1 unspecified atom stereocenters. The molecule has 0 saturated carbocycles. The Kier molecular flexibility index (Phi) is 6.05. The number of anilines is 1. The molecule has 0 radical (unpaired) electrons. The van der Waals surface area contributed by atoms with Gasteiger partial charge in [0.2, 0.25) is 10.0 Å². The predicted molar refractivity (Wildman–Crippen MR) is 117 cm³/mol. The lowest BCUT2D eigenvalue weighted by Crippen LogP contribution is -2.38. The minimum Gasteiger partial charge on any atom is -0.482 e. The Balaban J connectivity index is 1.52. The number of thioether (sulfide) groups is 1. The normalized spacial score (nSPS) is 18.1. The molecular weight excluding hydrogens is 446 g/mol. The second kappa shape index (κ2) is 8.58. The summed E-state index contributed by atoms with van der Waals surface area (Å²) in [5.41, 5.74) is 1.31. The Bertz CT molecular complexity index is 1080. The van der Waals surface area contributed by atoms with Gasteiger partial charge in [0.25, 0.3) is 11.8 Å². The number of amides is 2. The smallest absolute Gasteiger partial charge is 0.263 e. The first-order valence-corrected chi connectivity index (χ1v) is 12.9. The highest BCUT2D eigenvalue weighted by Gasteiger charge is 2.31. The first kappa shape index (κ1) is 21.2. The molecule has 0 aliphatic carbocycles. The number of sulfonamides is 1. The minimum absolute atomic E-state index is 0.0238. The summed E-state index contributed by atoms with van der Waals surface area (Å²) in [5.74, 6) is 1.39. The fourth-order valence-electron chi connectivity index (χ4n) is 3.31. The van der Waals surface area contributed by atoms with Crippen molar-refractivity contribution in [3.05, 3.63) is 40.1 Å². The van der Waals surface area contributed by atoms with E-state index in [4.69, 9.17) is 4.74 Å². The molecule has 2 N–H and O–H groups in total. The fraction of sp³-hybridized carbons (Fsp3) is 0.368. The zero-order valence-electron chi connectivity index (χ0n) is 16.2. The zero-order valence-corrected chi connectivity index (χ0v) is 18.7. The van der Waals surface area contributed by atoms with E-state index in [9.17, 15) is 18.0 Å². The Hall–Kier alpha value is -2.08. The van der Waals surface area contributed by atoms with Gasteiger partial charge in [0.1, 0.15) is 15.5 Å². The summed E-state index contributed by atoms with van der Waals surface area (Å²) in [6, 6.07) is 6.38. The van der Waals surface area contributed by atoms with Gasteiger partial charge in [-0.05, 0) is 36.1 Å². The van der Waals surface area contributed by atoms with Gasteiger partial charge in [0.15, 0.2) is 6.61 Å². The van der Waals surface area contributed by atoms with Gasteiger partial charge in [-0.2, -0.15) is 16.1 Å². The van der Waals surface area contributed by atoms with Crippen molar-refractivity contribution in [2.75, 3.05) is 36.5 Å². The molecule has 0 spiro atoms. The summed E-state index contributed by atoms with van der Waals surface area (Å²) in [7, 11) is -3.71. The van der Waals surface area contributed by atoms with E-state index in [1.54, 1.807) is 42.3 Å². The Labute approximate surface area is 183 Å². The van der Waals surface area contributed by atoms with Crippen LogP contribution in [0.3, 0.4) is 0 Å². The van der Waals surface area contributed by atoms with Crippen molar-refractivity contribution in [1.82, 2.24) is 9.62 Å². The third-order valence-electron chi connectivity index (χ3n) is 4.91. The van der Waals surface area contributed by atoms with Crippen LogP contribution in [0.2, 0.25) is 0 Å². The standard InChI is InChI=1S/C19H21N3O5S3/c1-12(13-2-3-15-14(10-13)21-17(23)11-27-15)20-19(24)18-16(4-7-29-18)30(25,26)22-5-8-28-9-6-22/h2-4,7,10,12H,5-6,8-9,11H2,1H3,(H,20,24)(H,21,23). The number of rotatable bonds is 5. The topological polar surface area (TPSA) is 105 Å². The molecule has 3 heterocycles. The lowest BCUT2D eigenvalue weighted by molar-refractivity contribution is -0.118. The van der Waals surface area contributed by atoms with Crippen LogP contribution < -0.4 is 15.4 Å². The number of ether oxygens (including phenoxy) is 1. The number of carbonyl (C=O) groups excluding carboxylic acids is 2. The van der Waals surface area contributed by atoms with E-state index in [0.29, 0.717) is 24.5 Å². The number of fused-ring (bicyclic) bond motifs is 1. The van der Waals surface area contributed by atoms with E-state index in [1.807, 2.05) is 0 Å². The summed E-state index contributed by atoms with van der Waals surface area (Å²) >= 11 is 2.83. The Morgan fingerprint density at radius 2 is 2.03 bits per heavy atom. The van der Waals surface area contributed by atoms with Gasteiger partial charge in [0, 0.05) is 24.6 Å².